The van der Waals surface area contributed by atoms with E-state index < -0.39 is 0 Å². The molecule has 2 aromatic rings. The van der Waals surface area contributed by atoms with Crippen molar-refractivity contribution in [2.45, 2.75) is 13.3 Å². The Morgan fingerprint density at radius 3 is 2.63 bits per heavy atom. The predicted molar refractivity (Wildman–Crippen MR) is 81.0 cm³/mol. The average Bonchev–Trinajstić information content (AvgIpc) is 2.31. The van der Waals surface area contributed by atoms with Gasteiger partial charge in [-0.3, -0.25) is 4.79 Å². The number of hydrogen-bond acceptors (Lipinski definition) is 1. The molecule has 0 heterocycles. The van der Waals surface area contributed by atoms with Crippen LogP contribution in [0.25, 0.3) is 0 Å². The van der Waals surface area contributed by atoms with Crippen molar-refractivity contribution in [2.24, 2.45) is 0 Å². The summed E-state index contributed by atoms with van der Waals surface area (Å²) >= 11 is 6.64. The molecule has 19 heavy (non-hydrogen) atoms. The van der Waals surface area contributed by atoms with Crippen LogP contribution in [0.3, 0.4) is 0 Å². The molecule has 0 aliphatic heterocycles. The molecule has 0 aliphatic carbocycles. The molecular formula is C15H11Br2FO. The van der Waals surface area contributed by atoms with Crippen LogP contribution in [-0.4, -0.2) is 5.78 Å². The summed E-state index contributed by atoms with van der Waals surface area (Å²) in [5.74, 6) is -0.381. The maximum atomic E-state index is 13.3. The zero-order valence-corrected chi connectivity index (χ0v) is 13.4. The second-order valence-electron chi connectivity index (χ2n) is 4.31. The summed E-state index contributed by atoms with van der Waals surface area (Å²) in [4.78, 5) is 12.2. The molecule has 0 spiro atoms. The molecule has 0 unspecified atom stereocenters. The summed E-state index contributed by atoms with van der Waals surface area (Å²) in [5.41, 5.74) is 2.29. The van der Waals surface area contributed by atoms with Crippen molar-refractivity contribution in [1.29, 1.82) is 0 Å². The predicted octanol–water partition coefficient (Wildman–Crippen LogP) is 5.08. The van der Waals surface area contributed by atoms with Crippen LogP contribution in [-0.2, 0) is 6.42 Å². The van der Waals surface area contributed by atoms with Gasteiger partial charge in [0.2, 0.25) is 0 Å². The minimum absolute atomic E-state index is 0.0342. The van der Waals surface area contributed by atoms with Gasteiger partial charge in [-0.1, -0.05) is 34.1 Å². The van der Waals surface area contributed by atoms with Gasteiger partial charge in [-0.25, -0.2) is 4.39 Å². The summed E-state index contributed by atoms with van der Waals surface area (Å²) in [5, 5.41) is 0. The van der Waals surface area contributed by atoms with E-state index in [4.69, 9.17) is 0 Å². The van der Waals surface area contributed by atoms with E-state index in [1.54, 1.807) is 12.1 Å². The Morgan fingerprint density at radius 2 is 1.95 bits per heavy atom. The molecule has 0 saturated carbocycles. The molecule has 4 heteroatoms. The van der Waals surface area contributed by atoms with E-state index in [-0.39, 0.29) is 18.0 Å². The summed E-state index contributed by atoms with van der Waals surface area (Å²) in [6, 6.07) is 10.1. The SMILES string of the molecule is Cc1cccc(C(=O)Cc2cc(F)cc(Br)c2)c1Br. The number of aryl methyl sites for hydroxylation is 1. The normalized spacial score (nSPS) is 10.5. The van der Waals surface area contributed by atoms with Gasteiger partial charge < -0.3 is 0 Å². The molecule has 98 valence electrons. The highest BCUT2D eigenvalue weighted by Crippen LogP contribution is 2.23. The van der Waals surface area contributed by atoms with Crippen molar-refractivity contribution in [1.82, 2.24) is 0 Å². The van der Waals surface area contributed by atoms with Gasteiger partial charge in [-0.05, 0) is 52.2 Å². The van der Waals surface area contributed by atoms with Gasteiger partial charge >= 0.3 is 0 Å². The summed E-state index contributed by atoms with van der Waals surface area (Å²) < 4.78 is 14.7. The maximum Gasteiger partial charge on any atom is 0.168 e. The van der Waals surface area contributed by atoms with Crippen molar-refractivity contribution in [3.63, 3.8) is 0 Å². The lowest BCUT2D eigenvalue weighted by Crippen LogP contribution is -2.05. The van der Waals surface area contributed by atoms with Gasteiger partial charge in [0.25, 0.3) is 0 Å². The van der Waals surface area contributed by atoms with E-state index >= 15 is 0 Å². The third kappa shape index (κ3) is 3.51. The van der Waals surface area contributed by atoms with Crippen LogP contribution in [0.1, 0.15) is 21.5 Å². The first-order valence-corrected chi connectivity index (χ1v) is 7.29. The van der Waals surface area contributed by atoms with E-state index in [1.165, 1.54) is 12.1 Å². The van der Waals surface area contributed by atoms with Crippen molar-refractivity contribution in [3.8, 4) is 0 Å². The Labute approximate surface area is 128 Å². The highest BCUT2D eigenvalue weighted by Gasteiger charge is 2.12. The maximum absolute atomic E-state index is 13.3. The van der Waals surface area contributed by atoms with Crippen LogP contribution < -0.4 is 0 Å². The van der Waals surface area contributed by atoms with Gasteiger partial charge in [0.15, 0.2) is 5.78 Å². The summed E-state index contributed by atoms with van der Waals surface area (Å²) in [6.07, 6.45) is 0.179. The molecular weight excluding hydrogens is 375 g/mol. The largest absolute Gasteiger partial charge is 0.294 e. The van der Waals surface area contributed by atoms with Crippen LogP contribution in [0.15, 0.2) is 45.3 Å². The average molecular weight is 386 g/mol. The third-order valence-corrected chi connectivity index (χ3v) is 4.29. The lowest BCUT2D eigenvalue weighted by atomic mass is 10.0. The standard InChI is InChI=1S/C15H11Br2FO/c1-9-3-2-4-13(15(9)17)14(19)7-10-5-11(16)8-12(18)6-10/h2-6,8H,7H2,1H3. The fraction of sp³-hybridized carbons (Fsp3) is 0.133. The molecule has 0 saturated heterocycles. The molecule has 2 rings (SSSR count). The summed E-state index contributed by atoms with van der Waals surface area (Å²) in [7, 11) is 0. The van der Waals surface area contributed by atoms with Crippen molar-refractivity contribution in [2.75, 3.05) is 0 Å². The second-order valence-corrected chi connectivity index (χ2v) is 6.02. The first-order valence-electron chi connectivity index (χ1n) is 5.70. The molecule has 1 nitrogen and oxygen atoms in total. The topological polar surface area (TPSA) is 17.1 Å². The highest BCUT2D eigenvalue weighted by molar-refractivity contribution is 9.10. The fourth-order valence-electron chi connectivity index (χ4n) is 1.86. The molecule has 0 N–H and O–H groups in total. The van der Waals surface area contributed by atoms with Gasteiger partial charge in [-0.2, -0.15) is 0 Å². The van der Waals surface area contributed by atoms with Gasteiger partial charge in [0.05, 0.1) is 0 Å². The Kier molecular flexibility index (Phi) is 4.53. The number of ketones is 1. The van der Waals surface area contributed by atoms with Gasteiger partial charge in [0.1, 0.15) is 5.82 Å². The van der Waals surface area contributed by atoms with E-state index in [0.29, 0.717) is 15.6 Å². The molecule has 0 atom stereocenters. The van der Waals surface area contributed by atoms with E-state index in [1.807, 2.05) is 19.1 Å². The van der Waals surface area contributed by atoms with Crippen molar-refractivity contribution in [3.05, 3.63) is 67.9 Å². The fourth-order valence-corrected chi connectivity index (χ4v) is 2.85. The quantitative estimate of drug-likeness (QED) is 0.673. The Bertz CT molecular complexity index is 618. The number of benzene rings is 2. The Morgan fingerprint density at radius 1 is 1.21 bits per heavy atom. The first-order chi connectivity index (χ1) is 8.97. The van der Waals surface area contributed by atoms with E-state index in [0.717, 1.165) is 10.0 Å². The smallest absolute Gasteiger partial charge is 0.168 e. The van der Waals surface area contributed by atoms with Gasteiger partial charge in [0, 0.05) is 20.9 Å². The lowest BCUT2D eigenvalue weighted by molar-refractivity contribution is 0.0992. The van der Waals surface area contributed by atoms with Crippen molar-refractivity contribution >= 4 is 37.6 Å². The van der Waals surface area contributed by atoms with Crippen LogP contribution in [0.4, 0.5) is 4.39 Å². The Balaban J connectivity index is 2.28. The highest BCUT2D eigenvalue weighted by atomic mass is 79.9. The van der Waals surface area contributed by atoms with Crippen LogP contribution in [0.5, 0.6) is 0 Å². The van der Waals surface area contributed by atoms with E-state index in [9.17, 15) is 9.18 Å². The zero-order valence-electron chi connectivity index (χ0n) is 10.2. The molecule has 0 fully saturated rings. The first kappa shape index (κ1) is 14.4. The molecule has 2 aromatic carbocycles. The zero-order chi connectivity index (χ0) is 14.0. The van der Waals surface area contributed by atoms with Crippen LogP contribution in [0, 0.1) is 12.7 Å². The molecule has 0 radical (unpaired) electrons. The molecule has 0 bridgehead atoms. The van der Waals surface area contributed by atoms with Crippen LogP contribution >= 0.6 is 31.9 Å². The van der Waals surface area contributed by atoms with Crippen molar-refractivity contribution < 1.29 is 9.18 Å². The lowest BCUT2D eigenvalue weighted by Gasteiger charge is -2.07. The molecule has 0 amide bonds. The summed E-state index contributed by atoms with van der Waals surface area (Å²) in [6.45, 7) is 1.93. The molecule has 0 aromatic heterocycles. The number of Topliss-reactive ketones (excluding diaryl/α,β-unsaturated/α-hetero) is 1. The second kappa shape index (κ2) is 5.97. The number of carbonyl (C=O) groups excluding carboxylic acids is 1. The minimum atomic E-state index is -0.347. The van der Waals surface area contributed by atoms with E-state index in [2.05, 4.69) is 31.9 Å². The number of halogens is 3. The van der Waals surface area contributed by atoms with Gasteiger partial charge in [-0.15, -0.1) is 0 Å². The minimum Gasteiger partial charge on any atom is -0.294 e. The van der Waals surface area contributed by atoms with Crippen LogP contribution in [0.2, 0.25) is 0 Å². The monoisotopic (exact) mass is 384 g/mol. The third-order valence-electron chi connectivity index (χ3n) is 2.78. The number of rotatable bonds is 3. The molecule has 0 aliphatic rings. The Hall–Kier alpha value is -1.000. The number of hydrogen-bond donors (Lipinski definition) is 0. The number of carbonyl (C=O) groups is 1.